The van der Waals surface area contributed by atoms with Crippen molar-refractivity contribution < 1.29 is 0 Å². The Morgan fingerprint density at radius 3 is 3.07 bits per heavy atom. The van der Waals surface area contributed by atoms with E-state index in [1.807, 2.05) is 6.20 Å². The first kappa shape index (κ1) is 10.2. The van der Waals surface area contributed by atoms with Gasteiger partial charge < -0.3 is 16.0 Å². The van der Waals surface area contributed by atoms with Crippen LogP contribution in [0.5, 0.6) is 0 Å². The molecule has 2 rings (SSSR count). The molecule has 0 unspecified atom stereocenters. The van der Waals surface area contributed by atoms with Crippen LogP contribution in [0.15, 0.2) is 30.5 Å². The summed E-state index contributed by atoms with van der Waals surface area (Å²) in [6.45, 7) is 2.65. The van der Waals surface area contributed by atoms with Gasteiger partial charge in [-0.2, -0.15) is 0 Å². The number of aromatic nitrogens is 1. The normalized spacial score (nSPS) is 11.0. The summed E-state index contributed by atoms with van der Waals surface area (Å²) in [6.07, 6.45) is 3.01. The van der Waals surface area contributed by atoms with Crippen LogP contribution in [0.25, 0.3) is 10.9 Å². The fourth-order valence-electron chi connectivity index (χ4n) is 1.75. The first-order valence-corrected chi connectivity index (χ1v) is 5.37. The summed E-state index contributed by atoms with van der Waals surface area (Å²) >= 11 is 0. The average molecular weight is 203 g/mol. The molecule has 80 valence electrons. The van der Waals surface area contributed by atoms with Crippen LogP contribution in [-0.4, -0.2) is 18.1 Å². The van der Waals surface area contributed by atoms with E-state index in [1.54, 1.807) is 0 Å². The van der Waals surface area contributed by atoms with Crippen LogP contribution in [0.1, 0.15) is 12.0 Å². The third kappa shape index (κ3) is 2.37. The van der Waals surface area contributed by atoms with Gasteiger partial charge in [0, 0.05) is 23.6 Å². The first-order valence-electron chi connectivity index (χ1n) is 5.37. The van der Waals surface area contributed by atoms with Crippen LogP contribution >= 0.6 is 0 Å². The quantitative estimate of drug-likeness (QED) is 0.647. The minimum Gasteiger partial charge on any atom is -0.361 e. The molecule has 0 saturated heterocycles. The standard InChI is InChI=1S/C12H17N3/c13-6-2-7-14-9-10-3-1-4-12-11(10)5-8-15-12/h1,3-5,8,14-15H,2,6-7,9,13H2. The minimum atomic E-state index is 0.751. The number of nitrogens with one attached hydrogen (secondary N) is 2. The lowest BCUT2D eigenvalue weighted by Crippen LogP contribution is -2.17. The van der Waals surface area contributed by atoms with Crippen molar-refractivity contribution in [2.45, 2.75) is 13.0 Å². The smallest absolute Gasteiger partial charge is 0.0457 e. The van der Waals surface area contributed by atoms with Crippen LogP contribution in [0.4, 0.5) is 0 Å². The van der Waals surface area contributed by atoms with Gasteiger partial charge >= 0.3 is 0 Å². The van der Waals surface area contributed by atoms with Crippen molar-refractivity contribution in [3.05, 3.63) is 36.0 Å². The highest BCUT2D eigenvalue weighted by atomic mass is 14.8. The van der Waals surface area contributed by atoms with E-state index in [-0.39, 0.29) is 0 Å². The Bertz CT molecular complexity index is 419. The summed E-state index contributed by atoms with van der Waals surface area (Å²) in [4.78, 5) is 3.21. The Morgan fingerprint density at radius 1 is 1.27 bits per heavy atom. The predicted octanol–water partition coefficient (Wildman–Crippen LogP) is 1.61. The zero-order chi connectivity index (χ0) is 10.5. The molecule has 0 aliphatic rings. The maximum absolute atomic E-state index is 5.44. The summed E-state index contributed by atoms with van der Waals surface area (Å²) in [7, 11) is 0. The molecule has 0 radical (unpaired) electrons. The lowest BCUT2D eigenvalue weighted by molar-refractivity contribution is 0.657. The lowest BCUT2D eigenvalue weighted by atomic mass is 10.1. The molecule has 0 aliphatic heterocycles. The monoisotopic (exact) mass is 203 g/mol. The largest absolute Gasteiger partial charge is 0.361 e. The molecular formula is C12H17N3. The van der Waals surface area contributed by atoms with Crippen molar-refractivity contribution in [1.82, 2.24) is 10.3 Å². The van der Waals surface area contributed by atoms with Gasteiger partial charge in [-0.25, -0.2) is 0 Å². The number of fused-ring (bicyclic) bond motifs is 1. The Kier molecular flexibility index (Phi) is 3.37. The molecule has 0 fully saturated rings. The number of benzene rings is 1. The molecule has 3 heteroatoms. The Labute approximate surface area is 89.7 Å². The highest BCUT2D eigenvalue weighted by Gasteiger charge is 1.99. The van der Waals surface area contributed by atoms with E-state index < -0.39 is 0 Å². The van der Waals surface area contributed by atoms with Crippen molar-refractivity contribution in [3.8, 4) is 0 Å². The van der Waals surface area contributed by atoms with Crippen LogP contribution in [0, 0.1) is 0 Å². The van der Waals surface area contributed by atoms with E-state index in [1.165, 1.54) is 16.5 Å². The topological polar surface area (TPSA) is 53.8 Å². The van der Waals surface area contributed by atoms with Gasteiger partial charge in [-0.05, 0) is 37.2 Å². The van der Waals surface area contributed by atoms with Gasteiger partial charge in [0.15, 0.2) is 0 Å². The van der Waals surface area contributed by atoms with Gasteiger partial charge in [-0.1, -0.05) is 12.1 Å². The van der Waals surface area contributed by atoms with Gasteiger partial charge in [0.2, 0.25) is 0 Å². The highest BCUT2D eigenvalue weighted by molar-refractivity contribution is 5.82. The molecule has 0 bridgehead atoms. The molecule has 1 aromatic heterocycles. The van der Waals surface area contributed by atoms with Gasteiger partial charge in [0.1, 0.15) is 0 Å². The van der Waals surface area contributed by atoms with Gasteiger partial charge in [0.25, 0.3) is 0 Å². The molecule has 1 aromatic carbocycles. The van der Waals surface area contributed by atoms with E-state index in [2.05, 4.69) is 34.6 Å². The molecule has 15 heavy (non-hydrogen) atoms. The lowest BCUT2D eigenvalue weighted by Gasteiger charge is -2.05. The fraction of sp³-hybridized carbons (Fsp3) is 0.333. The molecule has 0 spiro atoms. The van der Waals surface area contributed by atoms with Crippen LogP contribution in [0.2, 0.25) is 0 Å². The number of hydrogen-bond acceptors (Lipinski definition) is 2. The zero-order valence-corrected chi connectivity index (χ0v) is 8.79. The average Bonchev–Trinajstić information content (AvgIpc) is 2.73. The Hall–Kier alpha value is -1.32. The third-order valence-corrected chi connectivity index (χ3v) is 2.56. The predicted molar refractivity (Wildman–Crippen MR) is 63.7 cm³/mol. The second kappa shape index (κ2) is 4.96. The molecular weight excluding hydrogens is 186 g/mol. The maximum atomic E-state index is 5.44. The van der Waals surface area contributed by atoms with Gasteiger partial charge in [0.05, 0.1) is 0 Å². The van der Waals surface area contributed by atoms with Crippen LogP contribution in [0.3, 0.4) is 0 Å². The van der Waals surface area contributed by atoms with Crippen molar-refractivity contribution in [3.63, 3.8) is 0 Å². The van der Waals surface area contributed by atoms with E-state index in [0.29, 0.717) is 0 Å². The molecule has 4 N–H and O–H groups in total. The third-order valence-electron chi connectivity index (χ3n) is 2.56. The maximum Gasteiger partial charge on any atom is 0.0457 e. The second-order valence-corrected chi connectivity index (χ2v) is 3.68. The summed E-state index contributed by atoms with van der Waals surface area (Å²) in [5.74, 6) is 0. The molecule has 1 heterocycles. The number of aromatic amines is 1. The number of nitrogens with two attached hydrogens (primary N) is 1. The van der Waals surface area contributed by atoms with Gasteiger partial charge in [-0.3, -0.25) is 0 Å². The summed E-state index contributed by atoms with van der Waals surface area (Å²) < 4.78 is 0. The Balaban J connectivity index is 2.04. The van der Waals surface area contributed by atoms with E-state index in [9.17, 15) is 0 Å². The molecule has 3 nitrogen and oxygen atoms in total. The highest BCUT2D eigenvalue weighted by Crippen LogP contribution is 2.16. The first-order chi connectivity index (χ1) is 7.42. The van der Waals surface area contributed by atoms with Crippen molar-refractivity contribution in [2.24, 2.45) is 5.73 Å². The van der Waals surface area contributed by atoms with E-state index in [0.717, 1.165) is 26.1 Å². The minimum absolute atomic E-state index is 0.751. The molecule has 0 atom stereocenters. The second-order valence-electron chi connectivity index (χ2n) is 3.68. The van der Waals surface area contributed by atoms with Crippen molar-refractivity contribution in [1.29, 1.82) is 0 Å². The molecule has 0 saturated carbocycles. The number of H-pyrrole nitrogens is 1. The van der Waals surface area contributed by atoms with Crippen LogP contribution < -0.4 is 11.1 Å². The zero-order valence-electron chi connectivity index (χ0n) is 8.79. The fourth-order valence-corrected chi connectivity index (χ4v) is 1.75. The van der Waals surface area contributed by atoms with E-state index in [4.69, 9.17) is 5.73 Å². The number of hydrogen-bond donors (Lipinski definition) is 3. The SMILES string of the molecule is NCCCNCc1cccc2[nH]ccc12. The van der Waals surface area contributed by atoms with Crippen LogP contribution in [-0.2, 0) is 6.54 Å². The van der Waals surface area contributed by atoms with E-state index >= 15 is 0 Å². The molecule has 0 aliphatic carbocycles. The number of rotatable bonds is 5. The van der Waals surface area contributed by atoms with Gasteiger partial charge in [-0.15, -0.1) is 0 Å². The molecule has 0 amide bonds. The summed E-state index contributed by atoms with van der Waals surface area (Å²) in [6, 6.07) is 8.46. The molecule has 2 aromatic rings. The van der Waals surface area contributed by atoms with Crippen molar-refractivity contribution >= 4 is 10.9 Å². The summed E-state index contributed by atoms with van der Waals surface area (Å²) in [5.41, 5.74) is 7.98. The summed E-state index contributed by atoms with van der Waals surface area (Å²) in [5, 5.41) is 4.69. The van der Waals surface area contributed by atoms with Crippen molar-refractivity contribution in [2.75, 3.05) is 13.1 Å². The Morgan fingerprint density at radius 2 is 2.20 bits per heavy atom.